The maximum absolute atomic E-state index is 10.3. The van der Waals surface area contributed by atoms with Crippen LogP contribution in [0.25, 0.3) is 0 Å². The molecule has 0 unspecified atom stereocenters. The third kappa shape index (κ3) is 2.10. The first-order chi connectivity index (χ1) is 6.70. The molecule has 0 spiro atoms. The van der Waals surface area contributed by atoms with E-state index in [1.165, 1.54) is 32.4 Å². The highest BCUT2D eigenvalue weighted by molar-refractivity contribution is 4.85. The van der Waals surface area contributed by atoms with Gasteiger partial charge in [-0.2, -0.15) is 0 Å². The van der Waals surface area contributed by atoms with Crippen molar-refractivity contribution in [3.05, 3.63) is 0 Å². The van der Waals surface area contributed by atoms with Crippen LogP contribution in [0.5, 0.6) is 0 Å². The number of piperidine rings is 1. The molecule has 2 saturated heterocycles. The van der Waals surface area contributed by atoms with Gasteiger partial charge in [-0.3, -0.25) is 0 Å². The molecule has 2 aliphatic rings. The van der Waals surface area contributed by atoms with Crippen LogP contribution in [0, 0.1) is 0 Å². The molecule has 3 heteroatoms. The SMILES string of the molecule is C[C@@]1(O)CCOC[C@H]1[NH+]1CCCCC1. The van der Waals surface area contributed by atoms with Crippen LogP contribution in [0.1, 0.15) is 32.6 Å². The lowest BCUT2D eigenvalue weighted by Crippen LogP contribution is -3.19. The molecule has 0 bridgehead atoms. The quantitative estimate of drug-likeness (QED) is 0.604. The molecule has 0 radical (unpaired) electrons. The lowest BCUT2D eigenvalue weighted by Gasteiger charge is -2.42. The zero-order chi connectivity index (χ0) is 10.0. The molecule has 0 aromatic rings. The fourth-order valence-corrected chi connectivity index (χ4v) is 2.75. The number of rotatable bonds is 1. The van der Waals surface area contributed by atoms with Gasteiger partial charge in [-0.05, 0) is 26.2 Å². The van der Waals surface area contributed by atoms with E-state index < -0.39 is 5.60 Å². The third-order valence-corrected chi connectivity index (χ3v) is 3.78. The number of aliphatic hydroxyl groups is 1. The molecule has 0 aromatic carbocycles. The second kappa shape index (κ2) is 4.17. The van der Waals surface area contributed by atoms with Crippen LogP contribution in [0.3, 0.4) is 0 Å². The summed E-state index contributed by atoms with van der Waals surface area (Å²) in [5, 5.41) is 10.3. The van der Waals surface area contributed by atoms with Crippen molar-refractivity contribution >= 4 is 0 Å². The predicted molar refractivity (Wildman–Crippen MR) is 54.4 cm³/mol. The normalized spacial score (nSPS) is 41.1. The molecule has 2 N–H and O–H groups in total. The number of hydrogen-bond acceptors (Lipinski definition) is 2. The molecular formula is C11H22NO2+. The Morgan fingerprint density at radius 1 is 1.29 bits per heavy atom. The fraction of sp³-hybridized carbons (Fsp3) is 1.00. The van der Waals surface area contributed by atoms with Crippen LogP contribution < -0.4 is 4.90 Å². The Hall–Kier alpha value is -0.120. The average Bonchev–Trinajstić information content (AvgIpc) is 2.18. The lowest BCUT2D eigenvalue weighted by atomic mass is 9.89. The van der Waals surface area contributed by atoms with Gasteiger partial charge in [0.25, 0.3) is 0 Å². The summed E-state index contributed by atoms with van der Waals surface area (Å²) in [7, 11) is 0. The summed E-state index contributed by atoms with van der Waals surface area (Å²) in [5.41, 5.74) is -0.509. The van der Waals surface area contributed by atoms with Gasteiger partial charge in [-0.15, -0.1) is 0 Å². The average molecular weight is 200 g/mol. The van der Waals surface area contributed by atoms with Crippen LogP contribution in [-0.4, -0.2) is 43.1 Å². The Bertz CT molecular complexity index is 188. The van der Waals surface area contributed by atoms with Gasteiger partial charge in [0.1, 0.15) is 18.2 Å². The first kappa shape index (κ1) is 10.4. The fourth-order valence-electron chi connectivity index (χ4n) is 2.75. The molecule has 2 rings (SSSR count). The van der Waals surface area contributed by atoms with Gasteiger partial charge in [0.2, 0.25) is 0 Å². The number of hydrogen-bond donors (Lipinski definition) is 2. The Kier molecular flexibility index (Phi) is 3.10. The molecular weight excluding hydrogens is 178 g/mol. The van der Waals surface area contributed by atoms with Crippen LogP contribution in [0.15, 0.2) is 0 Å². The smallest absolute Gasteiger partial charge is 0.140 e. The predicted octanol–water partition coefficient (Wildman–Crippen LogP) is -0.405. The third-order valence-electron chi connectivity index (χ3n) is 3.78. The number of ether oxygens (including phenoxy) is 1. The molecule has 0 aromatic heterocycles. The van der Waals surface area contributed by atoms with Crippen LogP contribution >= 0.6 is 0 Å². The molecule has 2 heterocycles. The second-order valence-corrected chi connectivity index (χ2v) is 4.95. The molecule has 14 heavy (non-hydrogen) atoms. The molecule has 3 nitrogen and oxygen atoms in total. The van der Waals surface area contributed by atoms with Gasteiger partial charge in [-0.1, -0.05) is 0 Å². The van der Waals surface area contributed by atoms with E-state index in [1.54, 1.807) is 4.90 Å². The summed E-state index contributed by atoms with van der Waals surface area (Å²) >= 11 is 0. The van der Waals surface area contributed by atoms with E-state index in [9.17, 15) is 5.11 Å². The van der Waals surface area contributed by atoms with E-state index in [0.29, 0.717) is 6.04 Å². The minimum Gasteiger partial charge on any atom is -0.384 e. The molecule has 2 atom stereocenters. The summed E-state index contributed by atoms with van der Waals surface area (Å²) in [5.74, 6) is 0. The van der Waals surface area contributed by atoms with Gasteiger partial charge < -0.3 is 14.7 Å². The summed E-state index contributed by atoms with van der Waals surface area (Å²) in [6.45, 7) is 5.86. The van der Waals surface area contributed by atoms with E-state index in [0.717, 1.165) is 19.6 Å². The van der Waals surface area contributed by atoms with E-state index >= 15 is 0 Å². The minimum absolute atomic E-state index is 0.302. The molecule has 0 saturated carbocycles. The van der Waals surface area contributed by atoms with Crippen molar-refractivity contribution in [2.45, 2.75) is 44.2 Å². The lowest BCUT2D eigenvalue weighted by molar-refractivity contribution is -0.938. The summed E-state index contributed by atoms with van der Waals surface area (Å²) in [6.07, 6.45) is 4.77. The van der Waals surface area contributed by atoms with E-state index in [1.807, 2.05) is 6.92 Å². The van der Waals surface area contributed by atoms with Crippen molar-refractivity contribution in [3.8, 4) is 0 Å². The Morgan fingerprint density at radius 2 is 2.00 bits per heavy atom. The largest absolute Gasteiger partial charge is 0.384 e. The van der Waals surface area contributed by atoms with Gasteiger partial charge in [0, 0.05) is 13.0 Å². The van der Waals surface area contributed by atoms with Gasteiger partial charge >= 0.3 is 0 Å². The zero-order valence-corrected chi connectivity index (χ0v) is 9.09. The maximum atomic E-state index is 10.3. The van der Waals surface area contributed by atoms with Crippen LogP contribution in [-0.2, 0) is 4.74 Å². The summed E-state index contributed by atoms with van der Waals surface area (Å²) < 4.78 is 5.49. The van der Waals surface area contributed by atoms with E-state index in [-0.39, 0.29) is 0 Å². The van der Waals surface area contributed by atoms with Crippen LogP contribution in [0.4, 0.5) is 0 Å². The van der Waals surface area contributed by atoms with Gasteiger partial charge in [0.05, 0.1) is 13.1 Å². The van der Waals surface area contributed by atoms with Crippen molar-refractivity contribution in [1.29, 1.82) is 0 Å². The standard InChI is InChI=1S/C11H21NO2/c1-11(13)5-8-14-9-10(11)12-6-3-2-4-7-12/h10,13H,2-9H2,1H3/p+1/t10-,11-/m1/s1. The molecule has 82 valence electrons. The Morgan fingerprint density at radius 3 is 2.64 bits per heavy atom. The first-order valence-corrected chi connectivity index (χ1v) is 5.85. The van der Waals surface area contributed by atoms with Gasteiger partial charge in [-0.25, -0.2) is 0 Å². The highest BCUT2D eigenvalue weighted by Gasteiger charge is 2.42. The van der Waals surface area contributed by atoms with Crippen molar-refractivity contribution < 1.29 is 14.7 Å². The van der Waals surface area contributed by atoms with E-state index in [4.69, 9.17) is 4.74 Å². The Labute approximate surface area is 86.0 Å². The van der Waals surface area contributed by atoms with Crippen molar-refractivity contribution in [2.75, 3.05) is 26.3 Å². The van der Waals surface area contributed by atoms with Crippen molar-refractivity contribution in [3.63, 3.8) is 0 Å². The Balaban J connectivity index is 1.99. The topological polar surface area (TPSA) is 33.9 Å². The molecule has 2 fully saturated rings. The monoisotopic (exact) mass is 200 g/mol. The number of likely N-dealkylation sites (tertiary alicyclic amines) is 1. The molecule has 2 aliphatic heterocycles. The molecule has 0 amide bonds. The summed E-state index contributed by atoms with van der Waals surface area (Å²) in [4.78, 5) is 1.56. The van der Waals surface area contributed by atoms with Crippen LogP contribution in [0.2, 0.25) is 0 Å². The highest BCUT2D eigenvalue weighted by Crippen LogP contribution is 2.18. The first-order valence-electron chi connectivity index (χ1n) is 5.85. The second-order valence-electron chi connectivity index (χ2n) is 4.95. The van der Waals surface area contributed by atoms with E-state index in [2.05, 4.69) is 0 Å². The zero-order valence-electron chi connectivity index (χ0n) is 9.09. The molecule has 0 aliphatic carbocycles. The van der Waals surface area contributed by atoms with Crippen molar-refractivity contribution in [2.24, 2.45) is 0 Å². The highest BCUT2D eigenvalue weighted by atomic mass is 16.5. The van der Waals surface area contributed by atoms with Gasteiger partial charge in [0.15, 0.2) is 0 Å². The maximum Gasteiger partial charge on any atom is 0.140 e. The van der Waals surface area contributed by atoms with Crippen molar-refractivity contribution in [1.82, 2.24) is 0 Å². The summed E-state index contributed by atoms with van der Waals surface area (Å²) in [6, 6.07) is 0.302. The number of nitrogens with one attached hydrogen (secondary N) is 1. The number of quaternary nitrogens is 1. The minimum atomic E-state index is -0.509.